The predicted octanol–water partition coefficient (Wildman–Crippen LogP) is 3.18. The summed E-state index contributed by atoms with van der Waals surface area (Å²) >= 11 is 0. The Bertz CT molecular complexity index is 939. The van der Waals surface area contributed by atoms with E-state index in [0.717, 1.165) is 23.8 Å². The first-order chi connectivity index (χ1) is 14.8. The van der Waals surface area contributed by atoms with E-state index in [1.807, 2.05) is 0 Å². The molecular weight excluding hydrogens is 419 g/mol. The zero-order chi connectivity index (χ0) is 21.8. The number of benzene rings is 1. The van der Waals surface area contributed by atoms with Gasteiger partial charge >= 0.3 is 0 Å². The van der Waals surface area contributed by atoms with Crippen LogP contribution < -0.4 is 5.32 Å². The van der Waals surface area contributed by atoms with Crippen molar-refractivity contribution >= 4 is 15.9 Å². The number of halogens is 1. The third-order valence-corrected chi connectivity index (χ3v) is 10.0. The average Bonchev–Trinajstić information content (AvgIpc) is 2.73. The molecule has 1 saturated heterocycles. The number of hydrogen-bond donors (Lipinski definition) is 1. The topological polar surface area (TPSA) is 75.7 Å². The van der Waals surface area contributed by atoms with E-state index in [2.05, 4.69) is 12.2 Å². The van der Waals surface area contributed by atoms with Gasteiger partial charge in [0.25, 0.3) is 5.91 Å². The zero-order valence-corrected chi connectivity index (χ0v) is 18.8. The van der Waals surface area contributed by atoms with Crippen molar-refractivity contribution in [2.24, 2.45) is 23.2 Å². The van der Waals surface area contributed by atoms with Gasteiger partial charge in [-0.2, -0.15) is 4.31 Å². The van der Waals surface area contributed by atoms with Crippen molar-refractivity contribution < 1.29 is 22.3 Å². The van der Waals surface area contributed by atoms with Gasteiger partial charge in [0.05, 0.1) is 13.2 Å². The van der Waals surface area contributed by atoms with Gasteiger partial charge in [-0.15, -0.1) is 0 Å². The Kier molecular flexibility index (Phi) is 5.38. The summed E-state index contributed by atoms with van der Waals surface area (Å²) in [5, 5.41) is 3.14. The second kappa shape index (κ2) is 7.81. The minimum Gasteiger partial charge on any atom is -0.379 e. The largest absolute Gasteiger partial charge is 0.379 e. The number of morpholine rings is 1. The summed E-state index contributed by atoms with van der Waals surface area (Å²) in [6, 6.07) is 3.65. The molecule has 4 aliphatic carbocycles. The summed E-state index contributed by atoms with van der Waals surface area (Å²) < 4.78 is 46.8. The van der Waals surface area contributed by atoms with Crippen molar-refractivity contribution in [2.45, 2.75) is 56.4 Å². The standard InChI is InChI=1S/C23H31FN2O4S/c1-15(23-12-16-8-17(13-23)10-18(9-16)14-23)25-22(27)19-2-3-20(24)21(11-19)31(28,29)26-4-6-30-7-5-26/h2-3,11,15-18H,4-10,12-14H2,1H3,(H,25,27)/t15-,16?,17?,18?,23?/m0/s1. The van der Waals surface area contributed by atoms with Gasteiger partial charge in [0.15, 0.2) is 0 Å². The van der Waals surface area contributed by atoms with Crippen molar-refractivity contribution in [3.63, 3.8) is 0 Å². The van der Waals surface area contributed by atoms with E-state index in [9.17, 15) is 17.6 Å². The Labute approximate surface area is 183 Å². The molecule has 1 amide bonds. The van der Waals surface area contributed by atoms with E-state index in [1.54, 1.807) is 0 Å². The highest BCUT2D eigenvalue weighted by Gasteiger charge is 2.53. The number of carbonyl (C=O) groups is 1. The molecule has 4 bridgehead atoms. The maximum Gasteiger partial charge on any atom is 0.251 e. The molecule has 1 N–H and O–H groups in total. The number of nitrogens with zero attached hydrogens (tertiary/aromatic N) is 1. The summed E-state index contributed by atoms with van der Waals surface area (Å²) in [6.45, 7) is 3.01. The predicted molar refractivity (Wildman–Crippen MR) is 114 cm³/mol. The molecular formula is C23H31FN2O4S. The fourth-order valence-electron chi connectivity index (χ4n) is 6.91. The molecule has 0 radical (unpaired) electrons. The van der Waals surface area contributed by atoms with Gasteiger partial charge in [-0.05, 0) is 86.8 Å². The molecule has 0 spiro atoms. The van der Waals surface area contributed by atoms with Crippen molar-refractivity contribution in [2.75, 3.05) is 26.3 Å². The van der Waals surface area contributed by atoms with Crippen LogP contribution in [-0.4, -0.2) is 51.0 Å². The van der Waals surface area contributed by atoms with Crippen LogP contribution in [0, 0.1) is 29.0 Å². The van der Waals surface area contributed by atoms with Crippen molar-refractivity contribution in [1.29, 1.82) is 0 Å². The number of carbonyl (C=O) groups excluding carboxylic acids is 1. The van der Waals surface area contributed by atoms with E-state index in [0.29, 0.717) is 0 Å². The maximum absolute atomic E-state index is 14.5. The Hall–Kier alpha value is -1.51. The van der Waals surface area contributed by atoms with Crippen molar-refractivity contribution in [3.8, 4) is 0 Å². The average molecular weight is 451 g/mol. The summed E-state index contributed by atoms with van der Waals surface area (Å²) in [7, 11) is -4.02. The number of ether oxygens (including phenoxy) is 1. The highest BCUT2D eigenvalue weighted by atomic mass is 32.2. The first-order valence-corrected chi connectivity index (χ1v) is 12.9. The lowest BCUT2D eigenvalue weighted by Gasteiger charge is -2.59. The van der Waals surface area contributed by atoms with Crippen LogP contribution in [0.4, 0.5) is 4.39 Å². The lowest BCUT2D eigenvalue weighted by molar-refractivity contribution is -0.0688. The molecule has 1 aromatic carbocycles. The fourth-order valence-corrected chi connectivity index (χ4v) is 8.41. The number of hydrogen-bond acceptors (Lipinski definition) is 4. The molecule has 0 aromatic heterocycles. The molecule has 1 atom stereocenters. The highest BCUT2D eigenvalue weighted by molar-refractivity contribution is 7.89. The Balaban J connectivity index is 1.35. The second-order valence-electron chi connectivity index (χ2n) is 10.1. The summed E-state index contributed by atoms with van der Waals surface area (Å²) in [5.74, 6) is 1.17. The Morgan fingerprint density at radius 3 is 2.29 bits per heavy atom. The molecule has 4 saturated carbocycles. The first kappa shape index (κ1) is 21.3. The Morgan fingerprint density at radius 2 is 1.71 bits per heavy atom. The molecule has 5 fully saturated rings. The molecule has 8 heteroatoms. The number of sulfonamides is 1. The van der Waals surface area contributed by atoms with Crippen LogP contribution in [0.3, 0.4) is 0 Å². The minimum atomic E-state index is -4.02. The maximum atomic E-state index is 14.5. The molecule has 1 aliphatic heterocycles. The van der Waals surface area contributed by atoms with Gasteiger partial charge in [-0.25, -0.2) is 12.8 Å². The molecule has 0 unspecified atom stereocenters. The third-order valence-electron chi connectivity index (χ3n) is 8.13. The van der Waals surface area contributed by atoms with Gasteiger partial charge in [0.1, 0.15) is 10.7 Å². The molecule has 31 heavy (non-hydrogen) atoms. The van der Waals surface area contributed by atoms with Crippen LogP contribution in [0.5, 0.6) is 0 Å². The van der Waals surface area contributed by atoms with Crippen molar-refractivity contribution in [3.05, 3.63) is 29.6 Å². The van der Waals surface area contributed by atoms with Gasteiger partial charge in [0, 0.05) is 24.7 Å². The first-order valence-electron chi connectivity index (χ1n) is 11.5. The molecule has 1 aromatic rings. The van der Waals surface area contributed by atoms with Crippen LogP contribution in [0.25, 0.3) is 0 Å². The van der Waals surface area contributed by atoms with E-state index >= 15 is 0 Å². The van der Waals surface area contributed by atoms with E-state index in [4.69, 9.17) is 4.74 Å². The minimum absolute atomic E-state index is 0.0118. The molecule has 1 heterocycles. The Morgan fingerprint density at radius 1 is 1.13 bits per heavy atom. The van der Waals surface area contributed by atoms with Crippen LogP contribution >= 0.6 is 0 Å². The van der Waals surface area contributed by atoms with Gasteiger partial charge < -0.3 is 10.1 Å². The fraction of sp³-hybridized carbons (Fsp3) is 0.696. The summed E-state index contributed by atoms with van der Waals surface area (Å²) in [4.78, 5) is 12.6. The van der Waals surface area contributed by atoms with E-state index in [-0.39, 0.29) is 49.2 Å². The lowest BCUT2D eigenvalue weighted by atomic mass is 9.48. The summed E-state index contributed by atoms with van der Waals surface area (Å²) in [5.41, 5.74) is 0.331. The number of amides is 1. The van der Waals surface area contributed by atoms with E-state index in [1.165, 1.54) is 55.0 Å². The zero-order valence-electron chi connectivity index (χ0n) is 18.0. The van der Waals surface area contributed by atoms with Gasteiger partial charge in [0.2, 0.25) is 10.0 Å². The van der Waals surface area contributed by atoms with Gasteiger partial charge in [-0.3, -0.25) is 4.79 Å². The molecule has 5 aliphatic rings. The number of rotatable bonds is 5. The quantitative estimate of drug-likeness (QED) is 0.748. The van der Waals surface area contributed by atoms with Crippen LogP contribution in [0.1, 0.15) is 55.8 Å². The van der Waals surface area contributed by atoms with Crippen LogP contribution in [-0.2, 0) is 14.8 Å². The number of nitrogens with one attached hydrogen (secondary N) is 1. The third kappa shape index (κ3) is 3.80. The van der Waals surface area contributed by atoms with Gasteiger partial charge in [-0.1, -0.05) is 0 Å². The van der Waals surface area contributed by atoms with E-state index < -0.39 is 20.7 Å². The molecule has 170 valence electrons. The monoisotopic (exact) mass is 450 g/mol. The summed E-state index contributed by atoms with van der Waals surface area (Å²) in [6.07, 6.45) is 7.50. The van der Waals surface area contributed by atoms with Crippen LogP contribution in [0.15, 0.2) is 23.1 Å². The molecule has 6 rings (SSSR count). The van der Waals surface area contributed by atoms with Crippen molar-refractivity contribution in [1.82, 2.24) is 9.62 Å². The second-order valence-corrected chi connectivity index (χ2v) is 12.0. The smallest absolute Gasteiger partial charge is 0.251 e. The SMILES string of the molecule is C[C@H](NC(=O)c1ccc(F)c(S(=O)(=O)N2CCOCC2)c1)C12CC3CC(CC(C3)C1)C2. The van der Waals surface area contributed by atoms with Crippen LogP contribution in [0.2, 0.25) is 0 Å². The highest BCUT2D eigenvalue weighted by Crippen LogP contribution is 2.61. The molecule has 6 nitrogen and oxygen atoms in total. The lowest BCUT2D eigenvalue weighted by Crippen LogP contribution is -2.55. The normalized spacial score (nSPS) is 33.9.